The fourth-order valence-electron chi connectivity index (χ4n) is 2.91. The molecular weight excluding hydrogens is 354 g/mol. The van der Waals surface area contributed by atoms with Crippen molar-refractivity contribution in [2.24, 2.45) is 0 Å². The van der Waals surface area contributed by atoms with E-state index in [0.29, 0.717) is 47.6 Å². The average molecular weight is 367 g/mol. The zero-order valence-corrected chi connectivity index (χ0v) is 13.3. The lowest BCUT2D eigenvalue weighted by Gasteiger charge is -2.29. The first-order valence-electron chi connectivity index (χ1n) is 7.09. The second-order valence-electron chi connectivity index (χ2n) is 5.63. The predicted octanol–water partition coefficient (Wildman–Crippen LogP) is 4.53. The van der Waals surface area contributed by atoms with Gasteiger partial charge in [0.15, 0.2) is 0 Å². The molecule has 0 radical (unpaired) electrons. The summed E-state index contributed by atoms with van der Waals surface area (Å²) in [5.41, 5.74) is 3.48. The van der Waals surface area contributed by atoms with E-state index in [9.17, 15) is 8.78 Å². The Morgan fingerprint density at radius 2 is 1.86 bits per heavy atom. The summed E-state index contributed by atoms with van der Waals surface area (Å²) in [6.45, 7) is 1.37. The summed E-state index contributed by atoms with van der Waals surface area (Å²) in [5, 5.41) is 0.427. The first kappa shape index (κ1) is 14.2. The Morgan fingerprint density at radius 3 is 2.55 bits per heavy atom. The van der Waals surface area contributed by atoms with Crippen LogP contribution < -0.4 is 4.74 Å². The fourth-order valence-corrected chi connectivity index (χ4v) is 3.34. The van der Waals surface area contributed by atoms with E-state index in [2.05, 4.69) is 15.9 Å². The molecule has 0 saturated carbocycles. The van der Waals surface area contributed by atoms with E-state index >= 15 is 0 Å². The number of fused-ring (bicyclic) bond motifs is 3. The van der Waals surface area contributed by atoms with Crippen LogP contribution in [0.2, 0.25) is 0 Å². The Labute approximate surface area is 135 Å². The molecule has 114 valence electrons. The van der Waals surface area contributed by atoms with Crippen LogP contribution in [0.1, 0.15) is 22.6 Å². The van der Waals surface area contributed by atoms with Gasteiger partial charge in [0.1, 0.15) is 24.0 Å². The third-order valence-corrected chi connectivity index (χ3v) is 4.87. The highest BCUT2D eigenvalue weighted by atomic mass is 79.9. The van der Waals surface area contributed by atoms with Crippen LogP contribution in [-0.2, 0) is 16.7 Å². The largest absolute Gasteiger partial charge is 0.488 e. The van der Waals surface area contributed by atoms with Crippen molar-refractivity contribution in [2.45, 2.75) is 17.9 Å². The van der Waals surface area contributed by atoms with Crippen LogP contribution in [0.25, 0.3) is 11.1 Å². The zero-order valence-electron chi connectivity index (χ0n) is 11.7. The molecular formula is C17H13BrF2O2. The molecule has 2 aromatic rings. The van der Waals surface area contributed by atoms with Crippen molar-refractivity contribution in [3.63, 3.8) is 0 Å². The minimum atomic E-state index is -0.287. The Balaban J connectivity index is 1.87. The molecule has 2 heterocycles. The van der Waals surface area contributed by atoms with Crippen LogP contribution in [-0.4, -0.2) is 13.2 Å². The zero-order chi connectivity index (χ0) is 15.3. The number of ether oxygens (including phenoxy) is 2. The SMILES string of the molecule is Fc1cc2c(cc1CBr)OCc1cc(F)c(C3COC3)cc1-2. The molecule has 22 heavy (non-hydrogen) atoms. The van der Waals surface area contributed by atoms with Crippen LogP contribution in [0.5, 0.6) is 5.75 Å². The smallest absolute Gasteiger partial charge is 0.128 e. The van der Waals surface area contributed by atoms with Crippen molar-refractivity contribution in [3.05, 3.63) is 52.6 Å². The second-order valence-corrected chi connectivity index (χ2v) is 6.19. The predicted molar refractivity (Wildman–Crippen MR) is 82.3 cm³/mol. The molecule has 0 bridgehead atoms. The Bertz CT molecular complexity index is 757. The third kappa shape index (κ3) is 2.15. The number of benzene rings is 2. The van der Waals surface area contributed by atoms with E-state index in [1.807, 2.05) is 6.07 Å². The van der Waals surface area contributed by atoms with E-state index < -0.39 is 0 Å². The third-order valence-electron chi connectivity index (χ3n) is 4.27. The van der Waals surface area contributed by atoms with Crippen LogP contribution in [0.15, 0.2) is 24.3 Å². The van der Waals surface area contributed by atoms with Gasteiger partial charge in [0.2, 0.25) is 0 Å². The van der Waals surface area contributed by atoms with Crippen molar-refractivity contribution in [2.75, 3.05) is 13.2 Å². The number of alkyl halides is 1. The molecule has 0 aromatic heterocycles. The van der Waals surface area contributed by atoms with Crippen molar-refractivity contribution in [1.82, 2.24) is 0 Å². The van der Waals surface area contributed by atoms with Crippen molar-refractivity contribution < 1.29 is 18.3 Å². The lowest BCUT2D eigenvalue weighted by Crippen LogP contribution is -2.26. The minimum absolute atomic E-state index is 0.0863. The summed E-state index contributed by atoms with van der Waals surface area (Å²) in [6, 6.07) is 6.51. The van der Waals surface area contributed by atoms with Crippen LogP contribution in [0.4, 0.5) is 8.78 Å². The molecule has 0 spiro atoms. The van der Waals surface area contributed by atoms with Gasteiger partial charge in [-0.3, -0.25) is 0 Å². The van der Waals surface area contributed by atoms with E-state index in [0.717, 1.165) is 11.1 Å². The maximum Gasteiger partial charge on any atom is 0.128 e. The molecule has 1 fully saturated rings. The molecule has 0 aliphatic carbocycles. The highest BCUT2D eigenvalue weighted by Gasteiger charge is 2.27. The summed E-state index contributed by atoms with van der Waals surface area (Å²) < 4.78 is 39.2. The first-order valence-corrected chi connectivity index (χ1v) is 8.21. The van der Waals surface area contributed by atoms with Gasteiger partial charge in [0.05, 0.1) is 13.2 Å². The van der Waals surface area contributed by atoms with Gasteiger partial charge in [-0.25, -0.2) is 8.78 Å². The highest BCUT2D eigenvalue weighted by Crippen LogP contribution is 2.42. The molecule has 0 unspecified atom stereocenters. The Kier molecular flexibility index (Phi) is 3.42. The summed E-state index contributed by atoms with van der Waals surface area (Å²) in [4.78, 5) is 0. The number of hydrogen-bond donors (Lipinski definition) is 0. The molecule has 2 aliphatic rings. The van der Waals surface area contributed by atoms with Gasteiger partial charge in [0.25, 0.3) is 0 Å². The highest BCUT2D eigenvalue weighted by molar-refractivity contribution is 9.08. The summed E-state index contributed by atoms with van der Waals surface area (Å²) in [6.07, 6.45) is 0. The minimum Gasteiger partial charge on any atom is -0.488 e. The molecule has 2 aliphatic heterocycles. The lowest BCUT2D eigenvalue weighted by molar-refractivity contribution is 0.00703. The van der Waals surface area contributed by atoms with E-state index in [4.69, 9.17) is 9.47 Å². The summed E-state index contributed by atoms with van der Waals surface area (Å²) >= 11 is 3.27. The molecule has 2 aromatic carbocycles. The summed E-state index contributed by atoms with van der Waals surface area (Å²) in [5.74, 6) is 0.204. The van der Waals surface area contributed by atoms with Crippen molar-refractivity contribution >= 4 is 15.9 Å². The fraction of sp³-hybridized carbons (Fsp3) is 0.294. The van der Waals surface area contributed by atoms with Gasteiger partial charge >= 0.3 is 0 Å². The van der Waals surface area contributed by atoms with Gasteiger partial charge in [-0.1, -0.05) is 15.9 Å². The quantitative estimate of drug-likeness (QED) is 0.726. The van der Waals surface area contributed by atoms with Gasteiger partial charge in [-0.2, -0.15) is 0 Å². The Morgan fingerprint density at radius 1 is 1.05 bits per heavy atom. The molecule has 0 amide bonds. The standard InChI is InChI=1S/C17H13BrF2O2/c18-5-9-2-17-14(4-15(9)19)12-3-13(11-6-21-7-11)16(20)1-10(12)8-22-17/h1-4,11H,5-8H2. The van der Waals surface area contributed by atoms with Crippen molar-refractivity contribution in [3.8, 4) is 16.9 Å². The maximum absolute atomic E-state index is 14.2. The topological polar surface area (TPSA) is 18.5 Å². The van der Waals surface area contributed by atoms with Crippen LogP contribution in [0, 0.1) is 11.6 Å². The second kappa shape index (κ2) is 5.32. The normalized spacial score (nSPS) is 16.5. The monoisotopic (exact) mass is 366 g/mol. The molecule has 0 atom stereocenters. The van der Waals surface area contributed by atoms with E-state index in [1.54, 1.807) is 6.07 Å². The number of rotatable bonds is 2. The Hall–Kier alpha value is -1.46. The van der Waals surface area contributed by atoms with Gasteiger partial charge in [-0.15, -0.1) is 0 Å². The summed E-state index contributed by atoms with van der Waals surface area (Å²) in [7, 11) is 0. The molecule has 2 nitrogen and oxygen atoms in total. The lowest BCUT2D eigenvalue weighted by atomic mass is 9.89. The molecule has 4 rings (SSSR count). The van der Waals surface area contributed by atoms with Crippen LogP contribution >= 0.6 is 15.9 Å². The van der Waals surface area contributed by atoms with E-state index in [1.165, 1.54) is 12.1 Å². The van der Waals surface area contributed by atoms with E-state index in [-0.39, 0.29) is 17.6 Å². The number of hydrogen-bond acceptors (Lipinski definition) is 2. The average Bonchev–Trinajstić information content (AvgIpc) is 2.46. The first-order chi connectivity index (χ1) is 10.7. The molecule has 1 saturated heterocycles. The maximum atomic E-state index is 14.2. The van der Waals surface area contributed by atoms with Crippen molar-refractivity contribution in [1.29, 1.82) is 0 Å². The van der Waals surface area contributed by atoms with Crippen LogP contribution in [0.3, 0.4) is 0 Å². The van der Waals surface area contributed by atoms with Gasteiger partial charge in [0, 0.05) is 27.9 Å². The molecule has 5 heteroatoms. The molecule has 0 N–H and O–H groups in total. The van der Waals surface area contributed by atoms with Gasteiger partial charge < -0.3 is 9.47 Å². The number of halogens is 3. The van der Waals surface area contributed by atoms with Gasteiger partial charge in [-0.05, 0) is 35.4 Å².